The number of rotatable bonds is 5. The lowest BCUT2D eigenvalue weighted by Crippen LogP contribution is -2.35. The van der Waals surface area contributed by atoms with Gasteiger partial charge < -0.3 is 20.5 Å². The fourth-order valence-corrected chi connectivity index (χ4v) is 1.11. The molecule has 9 nitrogen and oxygen atoms in total. The fraction of sp³-hybridized carbons (Fsp3) is 0.200. The van der Waals surface area contributed by atoms with Gasteiger partial charge in [0.05, 0.1) is 4.92 Å². The molecular weight excluding hydrogens is 258 g/mol. The number of ether oxygens (including phenoxy) is 1. The van der Waals surface area contributed by atoms with Gasteiger partial charge in [0, 0.05) is 25.2 Å². The van der Waals surface area contributed by atoms with Crippen molar-refractivity contribution < 1.29 is 24.4 Å². The van der Waals surface area contributed by atoms with Crippen LogP contribution in [-0.4, -0.2) is 35.3 Å². The molecule has 19 heavy (non-hydrogen) atoms. The predicted molar refractivity (Wildman–Crippen MR) is 63.2 cm³/mol. The van der Waals surface area contributed by atoms with Crippen LogP contribution in [0.25, 0.3) is 0 Å². The van der Waals surface area contributed by atoms with E-state index in [1.807, 2.05) is 0 Å². The van der Waals surface area contributed by atoms with Crippen molar-refractivity contribution >= 4 is 17.9 Å². The molecule has 2 amide bonds. The average molecular weight is 269 g/mol. The van der Waals surface area contributed by atoms with Gasteiger partial charge in [0.1, 0.15) is 5.75 Å². The molecule has 0 bridgehead atoms. The predicted octanol–water partition coefficient (Wildman–Crippen LogP) is 0.951. The summed E-state index contributed by atoms with van der Waals surface area (Å²) in [7, 11) is 0. The van der Waals surface area contributed by atoms with Crippen LogP contribution in [0.3, 0.4) is 0 Å². The summed E-state index contributed by atoms with van der Waals surface area (Å²) in [5.41, 5.74) is -0.113. The number of hydrogen-bond acceptors (Lipinski definition) is 5. The van der Waals surface area contributed by atoms with E-state index in [0.717, 1.165) is 0 Å². The quantitative estimate of drug-likeness (QED) is 0.414. The topological polar surface area (TPSA) is 131 Å². The molecule has 1 aromatic rings. The number of amides is 2. The van der Waals surface area contributed by atoms with Crippen molar-refractivity contribution in [3.8, 4) is 5.75 Å². The van der Waals surface area contributed by atoms with Gasteiger partial charge in [-0.2, -0.15) is 0 Å². The highest BCUT2D eigenvalue weighted by atomic mass is 16.6. The monoisotopic (exact) mass is 269 g/mol. The zero-order chi connectivity index (χ0) is 14.3. The molecule has 0 heterocycles. The van der Waals surface area contributed by atoms with Crippen LogP contribution in [0.5, 0.6) is 5.75 Å². The van der Waals surface area contributed by atoms with Gasteiger partial charge in [-0.1, -0.05) is 0 Å². The van der Waals surface area contributed by atoms with Gasteiger partial charge in [-0.25, -0.2) is 9.59 Å². The zero-order valence-electron chi connectivity index (χ0n) is 9.66. The van der Waals surface area contributed by atoms with Crippen molar-refractivity contribution in [3.63, 3.8) is 0 Å². The lowest BCUT2D eigenvalue weighted by molar-refractivity contribution is -0.384. The standard InChI is InChI=1S/C10H11N3O6/c14-9(15)11-5-6-12-10(16)19-8-3-1-7(2-4-8)13(17)18/h1-4,11H,5-6H2,(H,12,16)(H,14,15). The highest BCUT2D eigenvalue weighted by molar-refractivity contribution is 5.70. The molecule has 0 saturated carbocycles. The summed E-state index contributed by atoms with van der Waals surface area (Å²) in [6.07, 6.45) is -1.97. The Morgan fingerprint density at radius 1 is 1.21 bits per heavy atom. The average Bonchev–Trinajstić information content (AvgIpc) is 2.35. The molecule has 0 radical (unpaired) electrons. The molecule has 0 fully saturated rings. The minimum absolute atomic E-state index is 0.0463. The third-order valence-corrected chi connectivity index (χ3v) is 1.93. The second-order valence-corrected chi connectivity index (χ2v) is 3.30. The Balaban J connectivity index is 2.35. The van der Waals surface area contributed by atoms with Gasteiger partial charge >= 0.3 is 12.2 Å². The van der Waals surface area contributed by atoms with E-state index in [9.17, 15) is 19.7 Å². The number of carbonyl (C=O) groups is 2. The molecule has 0 unspecified atom stereocenters. The number of nitrogens with one attached hydrogen (secondary N) is 2. The van der Waals surface area contributed by atoms with E-state index in [1.54, 1.807) is 0 Å². The van der Waals surface area contributed by atoms with E-state index < -0.39 is 17.1 Å². The number of hydrogen-bond donors (Lipinski definition) is 3. The van der Waals surface area contributed by atoms with Gasteiger partial charge in [-0.3, -0.25) is 10.1 Å². The first kappa shape index (κ1) is 14.2. The molecule has 1 aromatic carbocycles. The Morgan fingerprint density at radius 2 is 1.79 bits per heavy atom. The normalized spacial score (nSPS) is 9.47. The second-order valence-electron chi connectivity index (χ2n) is 3.30. The maximum atomic E-state index is 11.2. The Bertz CT molecular complexity index is 473. The highest BCUT2D eigenvalue weighted by Gasteiger charge is 2.07. The third-order valence-electron chi connectivity index (χ3n) is 1.93. The largest absolute Gasteiger partial charge is 0.465 e. The minimum Gasteiger partial charge on any atom is -0.465 e. The molecule has 1 rings (SSSR count). The van der Waals surface area contributed by atoms with Crippen molar-refractivity contribution in [2.45, 2.75) is 0 Å². The van der Waals surface area contributed by atoms with Crippen LogP contribution >= 0.6 is 0 Å². The number of nitrogens with zero attached hydrogens (tertiary/aromatic N) is 1. The molecule has 9 heteroatoms. The molecule has 0 aliphatic carbocycles. The first-order valence-electron chi connectivity index (χ1n) is 5.16. The van der Waals surface area contributed by atoms with Crippen molar-refractivity contribution in [2.75, 3.05) is 13.1 Å². The Kier molecular flexibility index (Phi) is 5.08. The Labute approximate surface area is 107 Å². The van der Waals surface area contributed by atoms with Crippen LogP contribution in [0.4, 0.5) is 15.3 Å². The van der Waals surface area contributed by atoms with Crippen LogP contribution in [0, 0.1) is 10.1 Å². The highest BCUT2D eigenvalue weighted by Crippen LogP contribution is 2.17. The lowest BCUT2D eigenvalue weighted by Gasteiger charge is -2.06. The van der Waals surface area contributed by atoms with E-state index >= 15 is 0 Å². The smallest absolute Gasteiger partial charge is 0.412 e. The summed E-state index contributed by atoms with van der Waals surface area (Å²) in [5, 5.41) is 23.0. The summed E-state index contributed by atoms with van der Waals surface area (Å²) in [6, 6.07) is 4.98. The first-order chi connectivity index (χ1) is 8.99. The molecule has 102 valence electrons. The summed E-state index contributed by atoms with van der Waals surface area (Å²) in [5.74, 6) is 0.147. The number of nitro benzene ring substituents is 1. The van der Waals surface area contributed by atoms with Crippen LogP contribution in [-0.2, 0) is 0 Å². The van der Waals surface area contributed by atoms with Gasteiger partial charge in [-0.05, 0) is 12.1 Å². The van der Waals surface area contributed by atoms with E-state index in [4.69, 9.17) is 9.84 Å². The van der Waals surface area contributed by atoms with E-state index in [2.05, 4.69) is 10.6 Å². The number of nitro groups is 1. The summed E-state index contributed by atoms with van der Waals surface area (Å²) in [4.78, 5) is 31.2. The van der Waals surface area contributed by atoms with Crippen LogP contribution in [0.2, 0.25) is 0 Å². The fourth-order valence-electron chi connectivity index (χ4n) is 1.11. The van der Waals surface area contributed by atoms with Crippen molar-refractivity contribution in [3.05, 3.63) is 34.4 Å². The Hall–Kier alpha value is -2.84. The van der Waals surface area contributed by atoms with Gasteiger partial charge in [0.25, 0.3) is 5.69 Å². The second kappa shape index (κ2) is 6.79. The number of carboxylic acid groups (broad SMARTS) is 1. The molecule has 3 N–H and O–H groups in total. The zero-order valence-corrected chi connectivity index (χ0v) is 9.66. The first-order valence-corrected chi connectivity index (χ1v) is 5.16. The summed E-state index contributed by atoms with van der Waals surface area (Å²) in [6.45, 7) is 0.114. The van der Waals surface area contributed by atoms with E-state index in [0.29, 0.717) is 0 Å². The SMILES string of the molecule is O=C(O)NCCNC(=O)Oc1ccc([N+](=O)[O-])cc1. The van der Waals surface area contributed by atoms with Crippen molar-refractivity contribution in [1.29, 1.82) is 0 Å². The lowest BCUT2D eigenvalue weighted by atomic mass is 10.3. The maximum absolute atomic E-state index is 11.2. The molecule has 0 atom stereocenters. The summed E-state index contributed by atoms with van der Waals surface area (Å²) < 4.78 is 4.81. The number of non-ortho nitro benzene ring substituents is 1. The van der Waals surface area contributed by atoms with Gasteiger partial charge in [0.15, 0.2) is 0 Å². The van der Waals surface area contributed by atoms with Gasteiger partial charge in [-0.15, -0.1) is 0 Å². The van der Waals surface area contributed by atoms with E-state index in [-0.39, 0.29) is 24.5 Å². The molecule has 0 aliphatic heterocycles. The van der Waals surface area contributed by atoms with Crippen LogP contribution in [0.15, 0.2) is 24.3 Å². The number of benzene rings is 1. The van der Waals surface area contributed by atoms with Crippen molar-refractivity contribution in [2.24, 2.45) is 0 Å². The number of carbonyl (C=O) groups excluding carboxylic acids is 1. The molecule has 0 aromatic heterocycles. The third kappa shape index (κ3) is 5.35. The minimum atomic E-state index is -1.19. The molecular formula is C10H11N3O6. The maximum Gasteiger partial charge on any atom is 0.412 e. The van der Waals surface area contributed by atoms with Crippen LogP contribution < -0.4 is 15.4 Å². The Morgan fingerprint density at radius 3 is 2.32 bits per heavy atom. The molecule has 0 aliphatic rings. The molecule has 0 spiro atoms. The van der Waals surface area contributed by atoms with Crippen molar-refractivity contribution in [1.82, 2.24) is 10.6 Å². The van der Waals surface area contributed by atoms with Gasteiger partial charge in [0.2, 0.25) is 0 Å². The van der Waals surface area contributed by atoms with Crippen LogP contribution in [0.1, 0.15) is 0 Å². The van der Waals surface area contributed by atoms with E-state index in [1.165, 1.54) is 24.3 Å². The summed E-state index contributed by atoms with van der Waals surface area (Å²) >= 11 is 0. The molecule has 0 saturated heterocycles.